The van der Waals surface area contributed by atoms with E-state index in [0.717, 1.165) is 0 Å². The van der Waals surface area contributed by atoms with E-state index < -0.39 is 10.1 Å². The molecule has 1 aromatic rings. The topological polar surface area (TPSA) is 57.2 Å². The molecular formula is C7H6ClNaO3S. The molecule has 0 heterocycles. The molecule has 0 aliphatic rings. The van der Waals surface area contributed by atoms with E-state index in [0.29, 0.717) is 5.56 Å². The molecule has 0 N–H and O–H groups in total. The van der Waals surface area contributed by atoms with E-state index in [1.807, 2.05) is 0 Å². The summed E-state index contributed by atoms with van der Waals surface area (Å²) in [6, 6.07) is 4.28. The van der Waals surface area contributed by atoms with E-state index in [1.54, 1.807) is 13.0 Å². The Morgan fingerprint density at radius 1 is 1.38 bits per heavy atom. The minimum absolute atomic E-state index is 0. The van der Waals surface area contributed by atoms with Crippen LogP contribution >= 0.6 is 11.6 Å². The van der Waals surface area contributed by atoms with Gasteiger partial charge in [-0.05, 0) is 24.6 Å². The van der Waals surface area contributed by atoms with E-state index in [2.05, 4.69) is 0 Å². The first-order valence-corrected chi connectivity index (χ1v) is 4.92. The number of rotatable bonds is 1. The first kappa shape index (κ1) is 13.4. The van der Waals surface area contributed by atoms with Gasteiger partial charge >= 0.3 is 29.6 Å². The zero-order valence-corrected chi connectivity index (χ0v) is 10.8. The van der Waals surface area contributed by atoms with Crippen LogP contribution in [0.3, 0.4) is 0 Å². The minimum Gasteiger partial charge on any atom is -0.744 e. The van der Waals surface area contributed by atoms with Crippen LogP contribution in [0.4, 0.5) is 0 Å². The maximum absolute atomic E-state index is 10.6. The van der Waals surface area contributed by atoms with Crippen LogP contribution in [0.2, 0.25) is 5.02 Å². The van der Waals surface area contributed by atoms with Gasteiger partial charge in [-0.1, -0.05) is 17.7 Å². The van der Waals surface area contributed by atoms with E-state index in [4.69, 9.17) is 11.6 Å². The molecule has 0 amide bonds. The van der Waals surface area contributed by atoms with Gasteiger partial charge < -0.3 is 4.55 Å². The second-order valence-electron chi connectivity index (χ2n) is 2.39. The van der Waals surface area contributed by atoms with Crippen molar-refractivity contribution in [1.29, 1.82) is 0 Å². The summed E-state index contributed by atoms with van der Waals surface area (Å²) in [7, 11) is -4.44. The first-order valence-electron chi connectivity index (χ1n) is 3.13. The molecule has 0 fully saturated rings. The number of hydrogen-bond donors (Lipinski definition) is 0. The van der Waals surface area contributed by atoms with Crippen LogP contribution in [-0.2, 0) is 10.1 Å². The van der Waals surface area contributed by atoms with Gasteiger partial charge in [0, 0.05) is 0 Å². The number of halogens is 1. The van der Waals surface area contributed by atoms with Crippen LogP contribution in [0.15, 0.2) is 23.1 Å². The summed E-state index contributed by atoms with van der Waals surface area (Å²) in [4.78, 5) is -0.357. The third-order valence-corrected chi connectivity index (χ3v) is 2.67. The van der Waals surface area contributed by atoms with Crippen molar-refractivity contribution in [2.75, 3.05) is 0 Å². The van der Waals surface area contributed by atoms with Crippen molar-refractivity contribution in [3.63, 3.8) is 0 Å². The summed E-state index contributed by atoms with van der Waals surface area (Å²) in [5, 5.41) is -0.0319. The summed E-state index contributed by atoms with van der Waals surface area (Å²) >= 11 is 5.50. The van der Waals surface area contributed by atoms with Crippen molar-refractivity contribution in [3.05, 3.63) is 28.8 Å². The fourth-order valence-corrected chi connectivity index (χ4v) is 1.84. The van der Waals surface area contributed by atoms with Crippen molar-refractivity contribution >= 4 is 21.7 Å². The van der Waals surface area contributed by atoms with Gasteiger partial charge in [0.1, 0.15) is 10.1 Å². The van der Waals surface area contributed by atoms with Gasteiger partial charge in [0.05, 0.1) is 9.92 Å². The maximum atomic E-state index is 10.6. The van der Waals surface area contributed by atoms with Crippen molar-refractivity contribution in [1.82, 2.24) is 0 Å². The molecule has 1 rings (SSSR count). The SMILES string of the molecule is Cc1ccc(Cl)c(S(=O)(=O)[O-])c1.[Na+]. The molecule has 0 atom stereocenters. The molecule has 0 radical (unpaired) electrons. The van der Waals surface area contributed by atoms with Crippen LogP contribution in [0.1, 0.15) is 5.56 Å². The Bertz CT molecular complexity index is 402. The molecule has 0 saturated heterocycles. The van der Waals surface area contributed by atoms with E-state index >= 15 is 0 Å². The Morgan fingerprint density at radius 3 is 2.31 bits per heavy atom. The Balaban J connectivity index is 0.00000144. The third-order valence-electron chi connectivity index (χ3n) is 1.36. The van der Waals surface area contributed by atoms with Gasteiger partial charge in [0.15, 0.2) is 0 Å². The summed E-state index contributed by atoms with van der Waals surface area (Å²) in [5.74, 6) is 0. The quantitative estimate of drug-likeness (QED) is 0.437. The van der Waals surface area contributed by atoms with Gasteiger partial charge in [-0.25, -0.2) is 8.42 Å². The monoisotopic (exact) mass is 228 g/mol. The fourth-order valence-electron chi connectivity index (χ4n) is 0.802. The Hall–Kier alpha value is 0.420. The predicted molar refractivity (Wildman–Crippen MR) is 44.2 cm³/mol. The van der Waals surface area contributed by atoms with Crippen LogP contribution in [0.5, 0.6) is 0 Å². The standard InChI is InChI=1S/C7H7ClO3S.Na/c1-5-2-3-6(8)7(4-5)12(9,10)11;/h2-4H,1H3,(H,9,10,11);/q;+1/p-1. The van der Waals surface area contributed by atoms with Crippen LogP contribution in [0, 0.1) is 6.92 Å². The molecule has 66 valence electrons. The normalized spacial score (nSPS) is 10.7. The minimum atomic E-state index is -4.44. The first-order chi connectivity index (χ1) is 5.41. The zero-order chi connectivity index (χ0) is 9.35. The maximum Gasteiger partial charge on any atom is 1.00 e. The fraction of sp³-hybridized carbons (Fsp3) is 0.143. The van der Waals surface area contributed by atoms with Crippen LogP contribution < -0.4 is 29.6 Å². The average molecular weight is 229 g/mol. The second kappa shape index (κ2) is 4.77. The summed E-state index contributed by atoms with van der Waals surface area (Å²) in [6.45, 7) is 1.69. The molecule has 0 aromatic heterocycles. The van der Waals surface area contributed by atoms with Gasteiger partial charge in [0.25, 0.3) is 0 Å². The van der Waals surface area contributed by atoms with Crippen molar-refractivity contribution in [2.45, 2.75) is 11.8 Å². The molecule has 0 aliphatic heterocycles. The van der Waals surface area contributed by atoms with E-state index in [-0.39, 0.29) is 39.5 Å². The van der Waals surface area contributed by atoms with Gasteiger partial charge in [0.2, 0.25) is 0 Å². The summed E-state index contributed by atoms with van der Waals surface area (Å²) < 4.78 is 31.7. The average Bonchev–Trinajstić information content (AvgIpc) is 1.92. The van der Waals surface area contributed by atoms with Gasteiger partial charge in [-0.15, -0.1) is 0 Å². The molecule has 0 unspecified atom stereocenters. The third kappa shape index (κ3) is 3.58. The van der Waals surface area contributed by atoms with Crippen molar-refractivity contribution in [2.24, 2.45) is 0 Å². The molecule has 3 nitrogen and oxygen atoms in total. The van der Waals surface area contributed by atoms with Gasteiger partial charge in [-0.3, -0.25) is 0 Å². The van der Waals surface area contributed by atoms with Crippen molar-refractivity contribution in [3.8, 4) is 0 Å². The molecule has 0 aliphatic carbocycles. The number of aryl methyl sites for hydroxylation is 1. The molecule has 0 bridgehead atoms. The zero-order valence-electron chi connectivity index (χ0n) is 7.24. The van der Waals surface area contributed by atoms with Crippen LogP contribution in [-0.4, -0.2) is 13.0 Å². The number of hydrogen-bond acceptors (Lipinski definition) is 3. The molecule has 6 heteroatoms. The molecular weight excluding hydrogens is 223 g/mol. The van der Waals surface area contributed by atoms with E-state index in [9.17, 15) is 13.0 Å². The van der Waals surface area contributed by atoms with Gasteiger partial charge in [-0.2, -0.15) is 0 Å². The summed E-state index contributed by atoms with van der Waals surface area (Å²) in [6.07, 6.45) is 0. The molecule has 0 spiro atoms. The Labute approximate surface area is 104 Å². The Kier molecular flexibility index (Phi) is 4.93. The summed E-state index contributed by atoms with van der Waals surface area (Å²) in [5.41, 5.74) is 0.689. The van der Waals surface area contributed by atoms with Crippen molar-refractivity contribution < 1.29 is 42.5 Å². The smallest absolute Gasteiger partial charge is 0.744 e. The predicted octanol–water partition coefficient (Wildman–Crippen LogP) is -1.44. The molecule has 13 heavy (non-hydrogen) atoms. The molecule has 1 aromatic carbocycles. The molecule has 0 saturated carbocycles. The largest absolute Gasteiger partial charge is 1.00 e. The second-order valence-corrected chi connectivity index (χ2v) is 4.14. The number of benzene rings is 1. The van der Waals surface area contributed by atoms with Crippen LogP contribution in [0.25, 0.3) is 0 Å². The van der Waals surface area contributed by atoms with E-state index in [1.165, 1.54) is 12.1 Å². The Morgan fingerprint density at radius 2 is 1.92 bits per heavy atom.